The van der Waals surface area contributed by atoms with Gasteiger partial charge in [-0.25, -0.2) is 11.6 Å². The fourth-order valence-corrected chi connectivity index (χ4v) is 5.05. The molecule has 0 aliphatic carbocycles. The first-order valence-electron chi connectivity index (χ1n) is 9.87. The summed E-state index contributed by atoms with van der Waals surface area (Å²) in [4.78, 5) is 13.3. The van der Waals surface area contributed by atoms with E-state index in [-0.39, 0.29) is 43.3 Å². The molecule has 1 aliphatic heterocycles. The molecule has 0 radical (unpaired) electrons. The second-order valence-electron chi connectivity index (χ2n) is 7.60. The van der Waals surface area contributed by atoms with Gasteiger partial charge in [0.15, 0.2) is 0 Å². The van der Waals surface area contributed by atoms with Crippen molar-refractivity contribution >= 4 is 54.2 Å². The van der Waals surface area contributed by atoms with Crippen LogP contribution >= 0.6 is 48.6 Å². The van der Waals surface area contributed by atoms with Crippen LogP contribution in [0.5, 0.6) is 0 Å². The summed E-state index contributed by atoms with van der Waals surface area (Å²) in [6.45, 7) is 12.2. The lowest BCUT2D eigenvalue weighted by molar-refractivity contribution is 0.217. The number of fused-ring (bicyclic) bond motifs is 1. The van der Waals surface area contributed by atoms with Crippen LogP contribution in [0.4, 0.5) is 0 Å². The van der Waals surface area contributed by atoms with Gasteiger partial charge in [0, 0.05) is 60.4 Å². The molecule has 1 N–H and O–H groups in total. The third kappa shape index (κ3) is 5.11. The Kier molecular flexibility index (Phi) is 9.14. The van der Waals surface area contributed by atoms with E-state index in [0.29, 0.717) is 0 Å². The van der Waals surface area contributed by atoms with E-state index in [9.17, 15) is 0 Å². The zero-order valence-electron chi connectivity index (χ0n) is 17.5. The Hall–Kier alpha value is -2.08. The third-order valence-corrected chi connectivity index (χ3v) is 6.77. The molecule has 0 bridgehead atoms. The lowest BCUT2D eigenvalue weighted by Gasteiger charge is -2.26. The molecular weight excluding hydrogens is 487 g/mol. The number of aromatic amines is 1. The molecule has 0 aromatic carbocycles. The van der Waals surface area contributed by atoms with Crippen molar-refractivity contribution in [3.05, 3.63) is 64.8 Å². The standard InChI is InChI=1S/C22H22N6S.3ClH/c1-15-19(11-25-26-15)16-3-6-22-24-12-20(28(22)13-16)21-5-4-18(29-21)14-27-9-7-17(23-2)8-10-27;;;/h3-6,11-13,17H,7-10,14H2,1H3,(H,25,26);3*1H. The maximum absolute atomic E-state index is 7.20. The molecule has 4 aromatic heterocycles. The number of piperidine rings is 1. The van der Waals surface area contributed by atoms with E-state index in [2.05, 4.69) is 59.8 Å². The molecule has 5 rings (SSSR count). The van der Waals surface area contributed by atoms with Crippen molar-refractivity contribution in [2.24, 2.45) is 0 Å². The number of imidazole rings is 1. The van der Waals surface area contributed by atoms with Crippen molar-refractivity contribution in [3.63, 3.8) is 0 Å². The van der Waals surface area contributed by atoms with Gasteiger partial charge in [-0.3, -0.25) is 14.4 Å². The summed E-state index contributed by atoms with van der Waals surface area (Å²) < 4.78 is 2.17. The normalized spacial score (nSPS) is 14.2. The number of nitrogens with zero attached hydrogens (tertiary/aromatic N) is 5. The summed E-state index contributed by atoms with van der Waals surface area (Å²) in [7, 11) is 0. The Morgan fingerprint density at radius 2 is 1.91 bits per heavy atom. The Morgan fingerprint density at radius 1 is 1.12 bits per heavy atom. The van der Waals surface area contributed by atoms with Crippen LogP contribution in [-0.2, 0) is 6.54 Å². The van der Waals surface area contributed by atoms with Gasteiger partial charge in [-0.1, -0.05) is 0 Å². The zero-order valence-corrected chi connectivity index (χ0v) is 20.8. The lowest BCUT2D eigenvalue weighted by Crippen LogP contribution is -2.34. The number of halogens is 3. The van der Waals surface area contributed by atoms with Crippen molar-refractivity contribution in [1.29, 1.82) is 0 Å². The molecule has 0 atom stereocenters. The van der Waals surface area contributed by atoms with Crippen LogP contribution in [0.3, 0.4) is 0 Å². The molecule has 1 fully saturated rings. The van der Waals surface area contributed by atoms with Gasteiger partial charge in [0.25, 0.3) is 0 Å². The third-order valence-electron chi connectivity index (χ3n) is 5.68. The van der Waals surface area contributed by atoms with Crippen molar-refractivity contribution in [1.82, 2.24) is 24.5 Å². The quantitative estimate of drug-likeness (QED) is 0.347. The van der Waals surface area contributed by atoms with Crippen molar-refractivity contribution in [2.75, 3.05) is 13.1 Å². The van der Waals surface area contributed by atoms with E-state index in [1.165, 1.54) is 9.75 Å². The summed E-state index contributed by atoms with van der Waals surface area (Å²) in [6, 6.07) is 8.80. The molecule has 10 heteroatoms. The van der Waals surface area contributed by atoms with E-state index in [0.717, 1.165) is 60.6 Å². The molecular formula is C22H25Cl3N6S. The average molecular weight is 512 g/mol. The summed E-state index contributed by atoms with van der Waals surface area (Å²) >= 11 is 1.83. The number of likely N-dealkylation sites (tertiary alicyclic amines) is 1. The molecule has 5 heterocycles. The summed E-state index contributed by atoms with van der Waals surface area (Å²) in [5, 5.41) is 7.16. The van der Waals surface area contributed by atoms with E-state index in [1.54, 1.807) is 0 Å². The number of hydrogen-bond acceptors (Lipinski definition) is 4. The first-order valence-corrected chi connectivity index (χ1v) is 10.7. The molecule has 170 valence electrons. The van der Waals surface area contributed by atoms with Gasteiger partial charge in [0.2, 0.25) is 6.04 Å². The van der Waals surface area contributed by atoms with Crippen LogP contribution in [0.1, 0.15) is 23.4 Å². The summed E-state index contributed by atoms with van der Waals surface area (Å²) in [6.07, 6.45) is 7.95. The van der Waals surface area contributed by atoms with Crippen LogP contribution in [-0.4, -0.2) is 43.6 Å². The molecule has 0 saturated carbocycles. The molecule has 0 unspecified atom stereocenters. The molecule has 4 aromatic rings. The summed E-state index contributed by atoms with van der Waals surface area (Å²) in [5.74, 6) is 0. The fraction of sp³-hybridized carbons (Fsp3) is 0.318. The second-order valence-corrected chi connectivity index (χ2v) is 8.77. The maximum Gasteiger partial charge on any atom is 0.226 e. The van der Waals surface area contributed by atoms with Gasteiger partial charge < -0.3 is 4.85 Å². The number of aryl methyl sites for hydroxylation is 1. The van der Waals surface area contributed by atoms with Crippen LogP contribution in [0.2, 0.25) is 0 Å². The molecule has 1 aliphatic rings. The van der Waals surface area contributed by atoms with Crippen molar-refractivity contribution in [3.8, 4) is 21.7 Å². The summed E-state index contributed by atoms with van der Waals surface area (Å²) in [5.41, 5.74) is 5.36. The number of H-pyrrole nitrogens is 1. The predicted molar refractivity (Wildman–Crippen MR) is 137 cm³/mol. The van der Waals surface area contributed by atoms with Gasteiger partial charge in [0.1, 0.15) is 5.65 Å². The van der Waals surface area contributed by atoms with Gasteiger partial charge in [-0.15, -0.1) is 48.6 Å². The molecule has 0 spiro atoms. The lowest BCUT2D eigenvalue weighted by atomic mass is 10.1. The molecule has 0 amide bonds. The zero-order chi connectivity index (χ0) is 19.8. The minimum atomic E-state index is 0. The van der Waals surface area contributed by atoms with Crippen LogP contribution in [0, 0.1) is 13.5 Å². The van der Waals surface area contributed by atoms with Crippen LogP contribution in [0.25, 0.3) is 32.2 Å². The smallest absolute Gasteiger partial charge is 0.226 e. The van der Waals surface area contributed by atoms with Crippen molar-refractivity contribution in [2.45, 2.75) is 32.4 Å². The van der Waals surface area contributed by atoms with Gasteiger partial charge in [0.05, 0.1) is 23.0 Å². The van der Waals surface area contributed by atoms with Gasteiger partial charge in [-0.05, 0) is 31.2 Å². The molecule has 1 saturated heterocycles. The number of pyridine rings is 1. The van der Waals surface area contributed by atoms with E-state index in [1.807, 2.05) is 30.7 Å². The van der Waals surface area contributed by atoms with Crippen LogP contribution in [0.15, 0.2) is 42.9 Å². The Labute approximate surface area is 210 Å². The first-order chi connectivity index (χ1) is 14.2. The first kappa shape index (κ1) is 26.2. The number of aromatic nitrogens is 4. The Balaban J connectivity index is 0.00000121. The van der Waals surface area contributed by atoms with Gasteiger partial charge in [-0.2, -0.15) is 5.10 Å². The topological polar surface area (TPSA) is 53.6 Å². The average Bonchev–Trinajstić information content (AvgIpc) is 3.47. The predicted octanol–water partition coefficient (Wildman–Crippen LogP) is 5.91. The highest BCUT2D eigenvalue weighted by atomic mass is 35.5. The number of thiophene rings is 1. The monoisotopic (exact) mass is 510 g/mol. The van der Waals surface area contributed by atoms with Crippen LogP contribution < -0.4 is 0 Å². The largest absolute Gasteiger partial charge is 0.314 e. The van der Waals surface area contributed by atoms with Gasteiger partial charge >= 0.3 is 0 Å². The highest BCUT2D eigenvalue weighted by Gasteiger charge is 2.22. The Bertz CT molecular complexity index is 1200. The maximum atomic E-state index is 7.20. The second kappa shape index (κ2) is 11.2. The highest BCUT2D eigenvalue weighted by molar-refractivity contribution is 7.15. The number of hydrogen-bond donors (Lipinski definition) is 1. The molecule has 6 nitrogen and oxygen atoms in total. The van der Waals surface area contributed by atoms with E-state index < -0.39 is 0 Å². The minimum absolute atomic E-state index is 0. The number of rotatable bonds is 4. The van der Waals surface area contributed by atoms with Crippen molar-refractivity contribution < 1.29 is 0 Å². The molecule has 32 heavy (non-hydrogen) atoms. The van der Waals surface area contributed by atoms with E-state index >= 15 is 0 Å². The fourth-order valence-electron chi connectivity index (χ4n) is 3.99. The number of nitrogens with one attached hydrogen (secondary N) is 1. The van der Waals surface area contributed by atoms with E-state index in [4.69, 9.17) is 6.57 Å². The SMILES string of the molecule is Cl.Cl.Cl.[C-]#[N+]C1CCN(Cc2ccc(-c3cnc4ccc(-c5cn[nH]c5C)cn34)s2)CC1. The minimum Gasteiger partial charge on any atom is -0.314 e. The highest BCUT2D eigenvalue weighted by Crippen LogP contribution is 2.31. The Morgan fingerprint density at radius 3 is 2.59 bits per heavy atom.